The average Bonchev–Trinajstić information content (AvgIpc) is 3.38. The molecule has 2 saturated heterocycles. The van der Waals surface area contributed by atoms with E-state index in [2.05, 4.69) is 24.1 Å². The van der Waals surface area contributed by atoms with Gasteiger partial charge in [-0.05, 0) is 30.9 Å². The number of carbonyl (C=O) groups excluding carboxylic acids is 1. The lowest BCUT2D eigenvalue weighted by Gasteiger charge is -2.39. The van der Waals surface area contributed by atoms with Crippen molar-refractivity contribution in [1.29, 1.82) is 0 Å². The van der Waals surface area contributed by atoms with Gasteiger partial charge >= 0.3 is 0 Å². The van der Waals surface area contributed by atoms with E-state index in [1.807, 2.05) is 0 Å². The Morgan fingerprint density at radius 1 is 1.06 bits per heavy atom. The topological polar surface area (TPSA) is 97.4 Å². The first kappa shape index (κ1) is 25.2. The Balaban J connectivity index is 1.46. The Labute approximate surface area is 202 Å². The van der Waals surface area contributed by atoms with E-state index in [0.717, 1.165) is 25.9 Å². The smallest absolute Gasteiger partial charge is 0.243 e. The summed E-state index contributed by atoms with van der Waals surface area (Å²) in [7, 11) is -3.84. The molecule has 1 aromatic carbocycles. The first-order valence-corrected chi connectivity index (χ1v) is 13.9. The highest BCUT2D eigenvalue weighted by atomic mass is 32.2. The molecule has 2 fully saturated rings. The predicted octanol–water partition coefficient (Wildman–Crippen LogP) is 1.86. The van der Waals surface area contributed by atoms with Gasteiger partial charge in [-0.15, -0.1) is 0 Å². The highest BCUT2D eigenvalue weighted by Crippen LogP contribution is 2.35. The quantitative estimate of drug-likeness (QED) is 0.559. The highest BCUT2D eigenvalue weighted by Gasteiger charge is 2.40. The number of nitrogens with one attached hydrogen (secondary N) is 1. The van der Waals surface area contributed by atoms with E-state index in [4.69, 9.17) is 14.2 Å². The van der Waals surface area contributed by atoms with Gasteiger partial charge in [-0.2, -0.15) is 4.31 Å². The molecule has 2 unspecified atom stereocenters. The van der Waals surface area contributed by atoms with Gasteiger partial charge in [0.2, 0.25) is 15.9 Å². The summed E-state index contributed by atoms with van der Waals surface area (Å²) < 4.78 is 44.8. The molecule has 1 aromatic rings. The Morgan fingerprint density at radius 3 is 2.47 bits per heavy atom. The van der Waals surface area contributed by atoms with Crippen LogP contribution >= 0.6 is 0 Å². The van der Waals surface area contributed by atoms with Crippen molar-refractivity contribution in [3.63, 3.8) is 0 Å². The molecule has 9 nitrogen and oxygen atoms in total. The molecule has 190 valence electrons. The minimum atomic E-state index is -3.84. The van der Waals surface area contributed by atoms with Crippen LogP contribution in [0.4, 0.5) is 0 Å². The van der Waals surface area contributed by atoms with Gasteiger partial charge in [0.15, 0.2) is 11.5 Å². The maximum Gasteiger partial charge on any atom is 0.243 e. The van der Waals surface area contributed by atoms with E-state index in [0.29, 0.717) is 69.8 Å². The third kappa shape index (κ3) is 5.35. The van der Waals surface area contributed by atoms with Gasteiger partial charge < -0.3 is 19.5 Å². The first-order chi connectivity index (χ1) is 16.5. The predicted molar refractivity (Wildman–Crippen MR) is 128 cm³/mol. The molecule has 0 aromatic heterocycles. The van der Waals surface area contributed by atoms with Crippen LogP contribution in [0.25, 0.3) is 0 Å². The lowest BCUT2D eigenvalue weighted by molar-refractivity contribution is -0.124. The van der Waals surface area contributed by atoms with Gasteiger partial charge in [-0.25, -0.2) is 8.42 Å². The second-order valence-electron chi connectivity index (χ2n) is 9.12. The fourth-order valence-electron chi connectivity index (χ4n) is 5.27. The van der Waals surface area contributed by atoms with Gasteiger partial charge in [0, 0.05) is 38.3 Å². The number of fused-ring (bicyclic) bond motifs is 1. The highest BCUT2D eigenvalue weighted by molar-refractivity contribution is 7.89. The molecule has 0 radical (unpaired) electrons. The molecule has 0 spiro atoms. The number of rotatable bonds is 9. The summed E-state index contributed by atoms with van der Waals surface area (Å²) in [5.74, 6) is 1.20. The van der Waals surface area contributed by atoms with Crippen molar-refractivity contribution in [2.75, 3.05) is 52.6 Å². The number of sulfonamides is 1. The van der Waals surface area contributed by atoms with Crippen molar-refractivity contribution in [2.24, 2.45) is 5.92 Å². The number of ether oxygens (including phenoxy) is 3. The van der Waals surface area contributed by atoms with Crippen LogP contribution in [-0.4, -0.2) is 88.2 Å². The van der Waals surface area contributed by atoms with Crippen LogP contribution in [-0.2, 0) is 19.6 Å². The van der Waals surface area contributed by atoms with E-state index >= 15 is 0 Å². The zero-order valence-electron chi connectivity index (χ0n) is 20.2. The molecule has 0 saturated carbocycles. The summed E-state index contributed by atoms with van der Waals surface area (Å²) in [6.45, 7) is 9.14. The standard InChI is InChI=1S/C24H37N3O6S/c1-3-18(4-2)21(26-10-12-31-13-11-26)17-25-24(28)20-6-5-9-27(20)34(29,30)19-7-8-22-23(16-19)33-15-14-32-22/h7-8,16,18,20-21H,3-6,9-15,17H2,1-2H3,(H,25,28). The summed E-state index contributed by atoms with van der Waals surface area (Å²) in [6.07, 6.45) is 3.23. The molecular weight excluding hydrogens is 458 g/mol. The third-order valence-electron chi connectivity index (χ3n) is 7.22. The largest absolute Gasteiger partial charge is 0.486 e. The van der Waals surface area contributed by atoms with E-state index in [1.165, 1.54) is 16.4 Å². The van der Waals surface area contributed by atoms with Gasteiger partial charge in [0.05, 0.1) is 18.1 Å². The molecule has 1 amide bonds. The van der Waals surface area contributed by atoms with E-state index in [1.54, 1.807) is 6.07 Å². The summed E-state index contributed by atoms with van der Waals surface area (Å²) >= 11 is 0. The summed E-state index contributed by atoms with van der Waals surface area (Å²) in [5, 5.41) is 3.10. The second kappa shape index (κ2) is 11.2. The van der Waals surface area contributed by atoms with Gasteiger partial charge in [-0.1, -0.05) is 26.7 Å². The summed E-state index contributed by atoms with van der Waals surface area (Å²) in [5.41, 5.74) is 0. The average molecular weight is 496 g/mol. The number of morpholine rings is 1. The molecule has 4 rings (SSSR count). The SMILES string of the molecule is CCC(CC)C(CNC(=O)C1CCCN1S(=O)(=O)c1ccc2c(c1)OCCO2)N1CCOCC1. The fourth-order valence-corrected chi connectivity index (χ4v) is 6.94. The normalized spacial score (nSPS) is 22.6. The molecule has 0 aliphatic carbocycles. The van der Waals surface area contributed by atoms with Gasteiger partial charge in [-0.3, -0.25) is 9.69 Å². The molecule has 3 aliphatic rings. The lowest BCUT2D eigenvalue weighted by atomic mass is 9.92. The number of amides is 1. The van der Waals surface area contributed by atoms with Crippen LogP contribution in [0.5, 0.6) is 11.5 Å². The Bertz CT molecular complexity index is 946. The molecular formula is C24H37N3O6S. The molecule has 3 aliphatic heterocycles. The molecule has 34 heavy (non-hydrogen) atoms. The first-order valence-electron chi connectivity index (χ1n) is 12.5. The van der Waals surface area contributed by atoms with Crippen molar-refractivity contribution < 1.29 is 27.4 Å². The minimum Gasteiger partial charge on any atom is -0.486 e. The zero-order valence-corrected chi connectivity index (χ0v) is 21.0. The molecule has 10 heteroatoms. The maximum atomic E-state index is 13.4. The van der Waals surface area contributed by atoms with E-state index < -0.39 is 16.1 Å². The molecule has 0 bridgehead atoms. The molecule has 1 N–H and O–H groups in total. The van der Waals surface area contributed by atoms with Gasteiger partial charge in [0.25, 0.3) is 0 Å². The summed E-state index contributed by atoms with van der Waals surface area (Å²) in [6, 6.07) is 4.16. The van der Waals surface area contributed by atoms with Crippen molar-refractivity contribution in [2.45, 2.75) is 56.5 Å². The molecule has 3 heterocycles. The lowest BCUT2D eigenvalue weighted by Crippen LogP contribution is -2.54. The van der Waals surface area contributed by atoms with E-state index in [9.17, 15) is 13.2 Å². The zero-order chi connectivity index (χ0) is 24.1. The minimum absolute atomic E-state index is 0.125. The van der Waals surface area contributed by atoms with Crippen LogP contribution < -0.4 is 14.8 Å². The number of hydrogen-bond donors (Lipinski definition) is 1. The number of carbonyl (C=O) groups is 1. The summed E-state index contributed by atoms with van der Waals surface area (Å²) in [4.78, 5) is 15.8. The maximum absolute atomic E-state index is 13.4. The number of benzene rings is 1. The van der Waals surface area contributed by atoms with Crippen LogP contribution in [0.2, 0.25) is 0 Å². The number of hydrogen-bond acceptors (Lipinski definition) is 7. The van der Waals surface area contributed by atoms with Crippen molar-refractivity contribution >= 4 is 15.9 Å². The Hall–Kier alpha value is -1.88. The fraction of sp³-hybridized carbons (Fsp3) is 0.708. The van der Waals surface area contributed by atoms with Crippen molar-refractivity contribution in [1.82, 2.24) is 14.5 Å². The third-order valence-corrected chi connectivity index (χ3v) is 9.12. The Kier molecular flexibility index (Phi) is 8.34. The monoisotopic (exact) mass is 495 g/mol. The van der Waals surface area contributed by atoms with Crippen molar-refractivity contribution in [3.8, 4) is 11.5 Å². The van der Waals surface area contributed by atoms with Crippen LogP contribution in [0.3, 0.4) is 0 Å². The van der Waals surface area contributed by atoms with Gasteiger partial charge in [0.1, 0.15) is 19.3 Å². The second-order valence-corrected chi connectivity index (χ2v) is 11.0. The van der Waals surface area contributed by atoms with Crippen LogP contribution in [0, 0.1) is 5.92 Å². The molecule has 2 atom stereocenters. The van der Waals surface area contributed by atoms with Crippen LogP contribution in [0.15, 0.2) is 23.1 Å². The Morgan fingerprint density at radius 2 is 1.76 bits per heavy atom. The van der Waals surface area contributed by atoms with E-state index in [-0.39, 0.29) is 16.8 Å². The number of nitrogens with zero attached hydrogens (tertiary/aromatic N) is 2. The van der Waals surface area contributed by atoms with Crippen LogP contribution in [0.1, 0.15) is 39.5 Å². The van der Waals surface area contributed by atoms with Crippen molar-refractivity contribution in [3.05, 3.63) is 18.2 Å².